The Morgan fingerprint density at radius 1 is 1.74 bits per heavy atom. The summed E-state index contributed by atoms with van der Waals surface area (Å²) in [5.74, 6) is -0.385. The van der Waals surface area contributed by atoms with Gasteiger partial charge in [0.25, 0.3) is 5.56 Å². The number of hydrogen-bond acceptors (Lipinski definition) is 5. The van der Waals surface area contributed by atoms with Gasteiger partial charge in [-0.1, -0.05) is 6.08 Å². The fourth-order valence-electron chi connectivity index (χ4n) is 1.38. The Morgan fingerprint density at radius 3 is 3.00 bits per heavy atom. The van der Waals surface area contributed by atoms with Crippen LogP contribution in [0.25, 0.3) is 0 Å². The van der Waals surface area contributed by atoms with Crippen LogP contribution in [0.5, 0.6) is 0 Å². The van der Waals surface area contributed by atoms with Crippen molar-refractivity contribution in [1.82, 2.24) is 9.78 Å². The van der Waals surface area contributed by atoms with Crippen LogP contribution < -0.4 is 10.9 Å². The van der Waals surface area contributed by atoms with Crippen LogP contribution in [0.4, 0.5) is 5.69 Å². The molecule has 1 atom stereocenters. The van der Waals surface area contributed by atoms with Crippen LogP contribution >= 0.6 is 15.9 Å². The maximum absolute atomic E-state index is 11.9. The molecule has 0 aliphatic heterocycles. The molecule has 7 heteroatoms. The number of hydrogen-bond donors (Lipinski definition) is 1. The van der Waals surface area contributed by atoms with E-state index in [4.69, 9.17) is 4.74 Å². The van der Waals surface area contributed by atoms with Crippen molar-refractivity contribution in [3.63, 3.8) is 0 Å². The molecule has 19 heavy (non-hydrogen) atoms. The number of anilines is 1. The van der Waals surface area contributed by atoms with Crippen molar-refractivity contribution < 1.29 is 9.53 Å². The minimum absolute atomic E-state index is 0.291. The van der Waals surface area contributed by atoms with Crippen molar-refractivity contribution in [3.8, 4) is 0 Å². The summed E-state index contributed by atoms with van der Waals surface area (Å²) in [4.78, 5) is 23.4. The Hall–Kier alpha value is -1.63. The number of aromatic nitrogens is 2. The second-order valence-electron chi connectivity index (χ2n) is 3.77. The Labute approximate surface area is 119 Å². The highest BCUT2D eigenvalue weighted by molar-refractivity contribution is 9.10. The minimum atomic E-state index is -0.562. The molecule has 0 spiro atoms. The third kappa shape index (κ3) is 3.92. The molecule has 0 saturated heterocycles. The molecule has 0 amide bonds. The maximum atomic E-state index is 11.9. The van der Waals surface area contributed by atoms with Crippen molar-refractivity contribution >= 4 is 27.6 Å². The van der Waals surface area contributed by atoms with E-state index in [-0.39, 0.29) is 11.5 Å². The average Bonchev–Trinajstić information content (AvgIpc) is 2.38. The molecule has 6 nitrogen and oxygen atoms in total. The van der Waals surface area contributed by atoms with E-state index in [0.717, 1.165) is 0 Å². The quantitative estimate of drug-likeness (QED) is 0.633. The molecule has 1 unspecified atom stereocenters. The molecule has 1 aromatic rings. The summed E-state index contributed by atoms with van der Waals surface area (Å²) < 4.78 is 6.46. The van der Waals surface area contributed by atoms with Crippen LogP contribution in [0.3, 0.4) is 0 Å². The number of nitrogens with one attached hydrogen (secondary N) is 1. The van der Waals surface area contributed by atoms with Crippen LogP contribution in [-0.4, -0.2) is 28.4 Å². The summed E-state index contributed by atoms with van der Waals surface area (Å²) in [5.41, 5.74) is 0.159. The van der Waals surface area contributed by atoms with E-state index in [2.05, 4.69) is 32.9 Å². The van der Waals surface area contributed by atoms with Crippen molar-refractivity contribution in [1.29, 1.82) is 0 Å². The second-order valence-corrected chi connectivity index (χ2v) is 4.56. The summed E-state index contributed by atoms with van der Waals surface area (Å²) in [6, 6.07) is -0.562. The Morgan fingerprint density at radius 2 is 2.42 bits per heavy atom. The molecule has 0 radical (unpaired) electrons. The number of nitrogens with zero attached hydrogens (tertiary/aromatic N) is 2. The lowest BCUT2D eigenvalue weighted by Gasteiger charge is -2.15. The summed E-state index contributed by atoms with van der Waals surface area (Å²) in [5, 5.41) is 6.86. The van der Waals surface area contributed by atoms with Crippen LogP contribution in [0.2, 0.25) is 0 Å². The second kappa shape index (κ2) is 7.08. The van der Waals surface area contributed by atoms with Crippen molar-refractivity contribution in [2.24, 2.45) is 0 Å². The van der Waals surface area contributed by atoms with E-state index < -0.39 is 6.04 Å². The predicted molar refractivity (Wildman–Crippen MR) is 76.1 cm³/mol. The van der Waals surface area contributed by atoms with Gasteiger partial charge in [0.2, 0.25) is 0 Å². The molecule has 0 fully saturated rings. The number of halogens is 1. The van der Waals surface area contributed by atoms with Crippen molar-refractivity contribution in [2.45, 2.75) is 26.4 Å². The van der Waals surface area contributed by atoms with Crippen LogP contribution in [0.1, 0.15) is 13.8 Å². The van der Waals surface area contributed by atoms with Gasteiger partial charge in [0.1, 0.15) is 10.5 Å². The molecule has 0 saturated carbocycles. The monoisotopic (exact) mass is 329 g/mol. The van der Waals surface area contributed by atoms with Gasteiger partial charge in [-0.3, -0.25) is 4.79 Å². The molecule has 0 aliphatic rings. The number of carbonyl (C=O) groups is 1. The summed E-state index contributed by atoms with van der Waals surface area (Å²) in [6.45, 7) is 7.57. The van der Waals surface area contributed by atoms with Crippen LogP contribution in [0.15, 0.2) is 28.1 Å². The van der Waals surface area contributed by atoms with Gasteiger partial charge in [-0.15, -0.1) is 6.58 Å². The topological polar surface area (TPSA) is 73.2 Å². The van der Waals surface area contributed by atoms with E-state index in [1.165, 1.54) is 10.9 Å². The zero-order chi connectivity index (χ0) is 14.4. The molecular weight excluding hydrogens is 314 g/mol. The van der Waals surface area contributed by atoms with Gasteiger partial charge < -0.3 is 10.1 Å². The van der Waals surface area contributed by atoms with Crippen molar-refractivity contribution in [3.05, 3.63) is 33.7 Å². The highest BCUT2D eigenvalue weighted by atomic mass is 79.9. The van der Waals surface area contributed by atoms with Gasteiger partial charge >= 0.3 is 5.97 Å². The summed E-state index contributed by atoms with van der Waals surface area (Å²) in [7, 11) is 0. The standard InChI is InChI=1S/C12H16BrN3O3/c1-4-6-16-11(17)10(13)9(7-14-16)15-8(3)12(18)19-5-2/h4,7-8,15H,1,5-6H2,2-3H3. The zero-order valence-electron chi connectivity index (χ0n) is 10.9. The normalized spacial score (nSPS) is 11.7. The first kappa shape index (κ1) is 15.4. The van der Waals surface area contributed by atoms with Crippen LogP contribution in [0, 0.1) is 0 Å². The van der Waals surface area contributed by atoms with Gasteiger partial charge in [-0.25, -0.2) is 9.48 Å². The number of carbonyl (C=O) groups excluding carboxylic acids is 1. The zero-order valence-corrected chi connectivity index (χ0v) is 12.4. The van der Waals surface area contributed by atoms with Crippen LogP contribution in [-0.2, 0) is 16.1 Å². The highest BCUT2D eigenvalue weighted by Gasteiger charge is 2.16. The molecule has 0 aliphatic carbocycles. The van der Waals surface area contributed by atoms with Gasteiger partial charge in [0.15, 0.2) is 0 Å². The lowest BCUT2D eigenvalue weighted by Crippen LogP contribution is -2.30. The first-order chi connectivity index (χ1) is 9.01. The molecule has 104 valence electrons. The summed E-state index contributed by atoms with van der Waals surface area (Å²) >= 11 is 3.20. The molecule has 1 aromatic heterocycles. The average molecular weight is 330 g/mol. The minimum Gasteiger partial charge on any atom is -0.464 e. The van der Waals surface area contributed by atoms with E-state index in [1.807, 2.05) is 0 Å². The first-order valence-corrected chi connectivity index (χ1v) is 6.60. The van der Waals surface area contributed by atoms with E-state index >= 15 is 0 Å². The lowest BCUT2D eigenvalue weighted by molar-refractivity contribution is -0.143. The molecule has 1 N–H and O–H groups in total. The number of allylic oxidation sites excluding steroid dienone is 1. The van der Waals surface area contributed by atoms with Gasteiger partial charge in [0.05, 0.1) is 25.0 Å². The molecule has 1 rings (SSSR count). The van der Waals surface area contributed by atoms with E-state index in [9.17, 15) is 9.59 Å². The fourth-order valence-corrected chi connectivity index (χ4v) is 1.80. The van der Waals surface area contributed by atoms with Gasteiger partial charge in [-0.2, -0.15) is 5.10 Å². The van der Waals surface area contributed by atoms with Gasteiger partial charge in [0, 0.05) is 0 Å². The largest absolute Gasteiger partial charge is 0.464 e. The van der Waals surface area contributed by atoms with Gasteiger partial charge in [-0.05, 0) is 29.8 Å². The molecular formula is C12H16BrN3O3. The Balaban J connectivity index is 2.91. The van der Waals surface area contributed by atoms with E-state index in [1.54, 1.807) is 19.9 Å². The number of rotatable bonds is 6. The van der Waals surface area contributed by atoms with Crippen molar-refractivity contribution in [2.75, 3.05) is 11.9 Å². The summed E-state index contributed by atoms with van der Waals surface area (Å²) in [6.07, 6.45) is 3.06. The SMILES string of the molecule is C=CCn1ncc(NC(C)C(=O)OCC)c(Br)c1=O. The third-order valence-corrected chi connectivity index (χ3v) is 3.07. The fraction of sp³-hybridized carbons (Fsp3) is 0.417. The Kier molecular flexibility index (Phi) is 5.75. The number of esters is 1. The maximum Gasteiger partial charge on any atom is 0.328 e. The third-order valence-electron chi connectivity index (χ3n) is 2.30. The molecule has 0 aromatic carbocycles. The molecule has 1 heterocycles. The highest BCUT2D eigenvalue weighted by Crippen LogP contribution is 2.17. The number of ether oxygens (including phenoxy) is 1. The Bertz CT molecular complexity index is 527. The smallest absolute Gasteiger partial charge is 0.328 e. The lowest BCUT2D eigenvalue weighted by atomic mass is 10.3. The predicted octanol–water partition coefficient (Wildman–Crippen LogP) is 1.56. The first-order valence-electron chi connectivity index (χ1n) is 5.81. The molecule has 0 bridgehead atoms. The van der Waals surface area contributed by atoms with E-state index in [0.29, 0.717) is 23.3 Å².